The summed E-state index contributed by atoms with van der Waals surface area (Å²) >= 11 is 0. The molecule has 3 aromatic rings. The van der Waals surface area contributed by atoms with Crippen LogP contribution in [0.1, 0.15) is 44.4 Å². The minimum absolute atomic E-state index is 0.0257. The zero-order chi connectivity index (χ0) is 32.2. The molecule has 0 saturated carbocycles. The van der Waals surface area contributed by atoms with E-state index in [9.17, 15) is 24.3 Å². The third-order valence-electron chi connectivity index (χ3n) is 6.97. The van der Waals surface area contributed by atoms with Crippen molar-refractivity contribution in [3.05, 3.63) is 54.2 Å². The van der Waals surface area contributed by atoms with Crippen molar-refractivity contribution in [1.82, 2.24) is 30.9 Å². The number of amides is 3. The molecule has 238 valence electrons. The lowest BCUT2D eigenvalue weighted by Crippen LogP contribution is -2.58. The van der Waals surface area contributed by atoms with E-state index < -0.39 is 47.9 Å². The fourth-order valence-electron chi connectivity index (χ4n) is 4.72. The van der Waals surface area contributed by atoms with Crippen LogP contribution in [0, 0.1) is 5.92 Å². The number of carboxylic acids is 1. The van der Waals surface area contributed by atoms with Gasteiger partial charge in [0.25, 0.3) is 0 Å². The van der Waals surface area contributed by atoms with Crippen LogP contribution in [-0.4, -0.2) is 80.4 Å². The van der Waals surface area contributed by atoms with Crippen LogP contribution in [-0.2, 0) is 32.0 Å². The van der Waals surface area contributed by atoms with Gasteiger partial charge >= 0.3 is 5.97 Å². The summed E-state index contributed by atoms with van der Waals surface area (Å²) in [6.07, 6.45) is 5.70. The van der Waals surface area contributed by atoms with Gasteiger partial charge in [0.2, 0.25) is 17.7 Å². The van der Waals surface area contributed by atoms with E-state index >= 15 is 0 Å². The molecule has 3 rings (SSSR count). The van der Waals surface area contributed by atoms with Crippen molar-refractivity contribution in [2.45, 2.75) is 70.1 Å². The largest absolute Gasteiger partial charge is 0.480 e. The first kappa shape index (κ1) is 33.6. The smallest absolute Gasteiger partial charge is 0.326 e. The Hall–Kier alpha value is -4.92. The Morgan fingerprint density at radius 2 is 1.64 bits per heavy atom. The van der Waals surface area contributed by atoms with Crippen LogP contribution >= 0.6 is 0 Å². The molecular weight excluding hydrogens is 568 g/mol. The van der Waals surface area contributed by atoms with Crippen LogP contribution in [0.5, 0.6) is 0 Å². The summed E-state index contributed by atoms with van der Waals surface area (Å²) in [6.45, 7) is 4.04. The van der Waals surface area contributed by atoms with Crippen LogP contribution in [0.15, 0.2) is 48.0 Å². The van der Waals surface area contributed by atoms with Crippen molar-refractivity contribution < 1.29 is 24.3 Å². The van der Waals surface area contributed by atoms with Gasteiger partial charge < -0.3 is 48.2 Å². The molecule has 12 N–H and O–H groups in total. The number of hydrogen-bond donors (Lipinski definition) is 9. The number of aliphatic imine (C=N–C) groups is 1. The molecule has 0 bridgehead atoms. The average Bonchev–Trinajstić information content (AvgIpc) is 3.63. The van der Waals surface area contributed by atoms with Crippen molar-refractivity contribution >= 4 is 40.6 Å². The molecule has 0 aliphatic rings. The quantitative estimate of drug-likeness (QED) is 0.0548. The number of para-hydroxylation sites is 1. The van der Waals surface area contributed by atoms with Gasteiger partial charge in [-0.05, 0) is 36.8 Å². The van der Waals surface area contributed by atoms with E-state index in [0.29, 0.717) is 18.7 Å². The summed E-state index contributed by atoms with van der Waals surface area (Å²) in [5.41, 5.74) is 18.8. The van der Waals surface area contributed by atoms with Gasteiger partial charge in [-0.25, -0.2) is 9.78 Å². The highest BCUT2D eigenvalue weighted by Crippen LogP contribution is 2.19. The van der Waals surface area contributed by atoms with Gasteiger partial charge in [0.1, 0.15) is 18.1 Å². The van der Waals surface area contributed by atoms with Gasteiger partial charge in [-0.15, -0.1) is 0 Å². The number of H-pyrrole nitrogens is 2. The topological polar surface area (TPSA) is 259 Å². The third kappa shape index (κ3) is 10.1. The number of hydrogen-bond acceptors (Lipinski definition) is 7. The number of fused-ring (bicyclic) bond motifs is 1. The number of guanidine groups is 1. The first-order valence-corrected chi connectivity index (χ1v) is 14.4. The van der Waals surface area contributed by atoms with Crippen LogP contribution in [0.3, 0.4) is 0 Å². The zero-order valence-corrected chi connectivity index (χ0v) is 24.9. The van der Waals surface area contributed by atoms with Crippen molar-refractivity contribution in [1.29, 1.82) is 0 Å². The zero-order valence-electron chi connectivity index (χ0n) is 24.9. The summed E-state index contributed by atoms with van der Waals surface area (Å²) < 4.78 is 0. The second-order valence-corrected chi connectivity index (χ2v) is 11.1. The van der Waals surface area contributed by atoms with Crippen molar-refractivity contribution in [3.8, 4) is 0 Å². The van der Waals surface area contributed by atoms with Crippen molar-refractivity contribution in [2.24, 2.45) is 28.1 Å². The predicted octanol–water partition coefficient (Wildman–Crippen LogP) is -0.358. The second-order valence-electron chi connectivity index (χ2n) is 11.1. The minimum Gasteiger partial charge on any atom is -0.480 e. The highest BCUT2D eigenvalue weighted by Gasteiger charge is 2.31. The lowest BCUT2D eigenvalue weighted by Gasteiger charge is -2.26. The Balaban J connectivity index is 1.72. The van der Waals surface area contributed by atoms with Gasteiger partial charge in [0.15, 0.2) is 5.96 Å². The van der Waals surface area contributed by atoms with E-state index in [1.165, 1.54) is 12.5 Å². The molecule has 1 aromatic carbocycles. The Morgan fingerprint density at radius 3 is 2.30 bits per heavy atom. The van der Waals surface area contributed by atoms with Gasteiger partial charge in [0.05, 0.1) is 12.4 Å². The Kier molecular flexibility index (Phi) is 12.3. The average molecular weight is 611 g/mol. The number of nitrogens with two attached hydrogens (primary N) is 3. The summed E-state index contributed by atoms with van der Waals surface area (Å²) in [5.74, 6) is -3.15. The molecule has 0 spiro atoms. The summed E-state index contributed by atoms with van der Waals surface area (Å²) in [5, 5.41) is 18.8. The van der Waals surface area contributed by atoms with E-state index in [0.717, 1.165) is 16.5 Å². The first-order valence-electron chi connectivity index (χ1n) is 14.4. The Labute approximate surface area is 254 Å². The molecule has 0 fully saturated rings. The first-order chi connectivity index (χ1) is 20.9. The van der Waals surface area contributed by atoms with Gasteiger partial charge in [-0.2, -0.15) is 0 Å². The molecule has 15 heteroatoms. The maximum atomic E-state index is 13.5. The fourth-order valence-corrected chi connectivity index (χ4v) is 4.72. The maximum Gasteiger partial charge on any atom is 0.326 e. The van der Waals surface area contributed by atoms with Crippen molar-refractivity contribution in [3.63, 3.8) is 0 Å². The number of carboxylic acid groups (broad SMARTS) is 1. The van der Waals surface area contributed by atoms with E-state index in [1.54, 1.807) is 6.20 Å². The second kappa shape index (κ2) is 16.1. The molecule has 0 saturated heterocycles. The molecular formula is C29H42N10O5. The minimum atomic E-state index is -1.24. The molecule has 15 nitrogen and oxygen atoms in total. The number of imidazole rings is 1. The van der Waals surface area contributed by atoms with E-state index in [1.807, 2.05) is 38.1 Å². The number of aromatic nitrogens is 3. The van der Waals surface area contributed by atoms with Crippen LogP contribution in [0.25, 0.3) is 10.9 Å². The molecule has 3 amide bonds. The number of carbonyl (C=O) groups excluding carboxylic acids is 3. The van der Waals surface area contributed by atoms with E-state index in [4.69, 9.17) is 17.2 Å². The van der Waals surface area contributed by atoms with E-state index in [-0.39, 0.29) is 37.6 Å². The van der Waals surface area contributed by atoms with Gasteiger partial charge in [0, 0.05) is 48.4 Å². The Bertz CT molecular complexity index is 1430. The molecule has 4 unspecified atom stereocenters. The highest BCUT2D eigenvalue weighted by molar-refractivity contribution is 5.94. The molecule has 4 atom stereocenters. The van der Waals surface area contributed by atoms with Crippen LogP contribution < -0.4 is 33.2 Å². The monoisotopic (exact) mass is 610 g/mol. The number of nitrogens with one attached hydrogen (secondary N) is 5. The SMILES string of the molecule is CC(C)CC(NC(=O)C(Cc1cnc[nH]1)NC(=O)C(N)CCCN=C(N)N)C(=O)NC(Cc1c[nH]c2ccccc12)C(=O)O. The number of aliphatic carboxylic acids is 1. The van der Waals surface area contributed by atoms with Gasteiger partial charge in [-0.3, -0.25) is 19.4 Å². The lowest BCUT2D eigenvalue weighted by atomic mass is 10.0. The highest BCUT2D eigenvalue weighted by atomic mass is 16.4. The van der Waals surface area contributed by atoms with Crippen molar-refractivity contribution in [2.75, 3.05) is 6.54 Å². The number of carbonyl (C=O) groups is 4. The van der Waals surface area contributed by atoms with Gasteiger partial charge in [-0.1, -0.05) is 32.0 Å². The summed E-state index contributed by atoms with van der Waals surface area (Å²) in [6, 6.07) is 3.11. The lowest BCUT2D eigenvalue weighted by molar-refractivity contribution is -0.142. The predicted molar refractivity (Wildman–Crippen MR) is 165 cm³/mol. The number of benzene rings is 1. The molecule has 2 aromatic heterocycles. The number of nitrogens with zero attached hydrogens (tertiary/aromatic N) is 2. The Morgan fingerprint density at radius 1 is 0.955 bits per heavy atom. The summed E-state index contributed by atoms with van der Waals surface area (Å²) in [7, 11) is 0. The van der Waals surface area contributed by atoms with E-state index in [2.05, 4.69) is 35.9 Å². The standard InChI is InChI=1S/C29H42N10O5/c1-16(2)10-22(26(41)39-24(28(43)44)11-17-13-35-21-8-4-3-6-19(17)21)38-27(42)23(12-18-14-33-15-36-18)37-25(40)20(30)7-5-9-34-29(31)32/h3-4,6,8,13-16,20,22-24,35H,5,7,9-12,30H2,1-2H3,(H,33,36)(H,37,40)(H,38,42)(H,39,41)(H,43,44)(H4,31,32,34). The van der Waals surface area contributed by atoms with Crippen LogP contribution in [0.4, 0.5) is 0 Å². The third-order valence-corrected chi connectivity index (χ3v) is 6.97. The molecule has 44 heavy (non-hydrogen) atoms. The maximum absolute atomic E-state index is 13.5. The molecule has 2 heterocycles. The number of aromatic amines is 2. The molecule has 0 aliphatic carbocycles. The molecule has 0 aliphatic heterocycles. The number of rotatable bonds is 17. The molecule has 0 radical (unpaired) electrons. The van der Waals surface area contributed by atoms with Crippen LogP contribution in [0.2, 0.25) is 0 Å². The summed E-state index contributed by atoms with van der Waals surface area (Å²) in [4.78, 5) is 65.9. The fraction of sp³-hybridized carbons (Fsp3) is 0.448. The normalized spacial score (nSPS) is 13.9.